The van der Waals surface area contributed by atoms with Gasteiger partial charge in [0.05, 0.1) is 0 Å². The van der Waals surface area contributed by atoms with Gasteiger partial charge in [-0.1, -0.05) is 45.1 Å². The van der Waals surface area contributed by atoms with Crippen LogP contribution in [0.25, 0.3) is 0 Å². The highest BCUT2D eigenvalue weighted by Gasteiger charge is 2.24. The van der Waals surface area contributed by atoms with Gasteiger partial charge in [-0.25, -0.2) is 0 Å². The zero-order chi connectivity index (χ0) is 14.2. The fraction of sp³-hybridized carbons (Fsp3) is 0.529. The average molecular weight is 290 g/mol. The Morgan fingerprint density at radius 1 is 1.30 bits per heavy atom. The number of nitrogens with two attached hydrogens (primary N) is 1. The van der Waals surface area contributed by atoms with Crippen LogP contribution in [0.2, 0.25) is 0 Å². The molecule has 0 aromatic heterocycles. The molecule has 0 spiro atoms. The van der Waals surface area contributed by atoms with Crippen molar-refractivity contribution < 1.29 is 0 Å². The summed E-state index contributed by atoms with van der Waals surface area (Å²) in [5.41, 5.74) is 7.79. The van der Waals surface area contributed by atoms with Gasteiger partial charge in [0.1, 0.15) is 0 Å². The maximum atomic E-state index is 6.42. The predicted molar refractivity (Wildman–Crippen MR) is 90.4 cm³/mol. The molecule has 1 aliphatic rings. The van der Waals surface area contributed by atoms with Crippen molar-refractivity contribution in [1.82, 2.24) is 4.67 Å². The van der Waals surface area contributed by atoms with Crippen LogP contribution in [0.5, 0.6) is 0 Å². The molecule has 1 heterocycles. The minimum Gasteiger partial charge on any atom is -0.327 e. The second-order valence-electron chi connectivity index (χ2n) is 5.66. The second-order valence-corrected chi connectivity index (χ2v) is 7.11. The molecule has 2 nitrogen and oxygen atoms in total. The highest BCUT2D eigenvalue weighted by atomic mass is 31.1. The Hall–Kier alpha value is -0.690. The van der Waals surface area contributed by atoms with E-state index in [1.807, 2.05) is 6.08 Å². The van der Waals surface area contributed by atoms with Crippen LogP contribution in [0.3, 0.4) is 0 Å². The van der Waals surface area contributed by atoms with Crippen LogP contribution in [0, 0.1) is 5.92 Å². The molecule has 1 aliphatic heterocycles. The Balaban J connectivity index is 1.71. The normalized spacial score (nSPS) is 19.4. The standard InChI is InChI=1S/C17H27N2P/c1-2-3-13-20-19-11-9-16(10-12-19)17(18)14-15-7-5-4-6-8-15/h2,4-8,16-17,20H,1,3,9-14,18H2. The first-order valence-electron chi connectivity index (χ1n) is 7.68. The van der Waals surface area contributed by atoms with Gasteiger partial charge in [0.2, 0.25) is 0 Å². The molecule has 110 valence electrons. The van der Waals surface area contributed by atoms with Gasteiger partial charge in [0, 0.05) is 19.1 Å². The zero-order valence-electron chi connectivity index (χ0n) is 12.3. The lowest BCUT2D eigenvalue weighted by molar-refractivity contribution is 0.253. The maximum absolute atomic E-state index is 6.42. The van der Waals surface area contributed by atoms with E-state index < -0.39 is 0 Å². The van der Waals surface area contributed by atoms with Crippen molar-refractivity contribution in [2.75, 3.05) is 19.3 Å². The molecule has 0 radical (unpaired) electrons. The Kier molecular flexibility index (Phi) is 6.72. The van der Waals surface area contributed by atoms with E-state index in [1.54, 1.807) is 0 Å². The molecular formula is C17H27N2P. The maximum Gasteiger partial charge on any atom is 0.0109 e. The predicted octanol–water partition coefficient (Wildman–Crippen LogP) is 3.44. The van der Waals surface area contributed by atoms with Gasteiger partial charge < -0.3 is 5.73 Å². The van der Waals surface area contributed by atoms with E-state index in [9.17, 15) is 0 Å². The highest BCUT2D eigenvalue weighted by molar-refractivity contribution is 7.35. The van der Waals surface area contributed by atoms with Crippen molar-refractivity contribution in [2.45, 2.75) is 31.7 Å². The van der Waals surface area contributed by atoms with Gasteiger partial charge in [-0.3, -0.25) is 4.67 Å². The molecule has 20 heavy (non-hydrogen) atoms. The summed E-state index contributed by atoms with van der Waals surface area (Å²) < 4.78 is 2.61. The topological polar surface area (TPSA) is 29.3 Å². The summed E-state index contributed by atoms with van der Waals surface area (Å²) in [6.07, 6.45) is 7.97. The van der Waals surface area contributed by atoms with Gasteiger partial charge in [-0.05, 0) is 43.3 Å². The molecule has 2 N–H and O–H groups in total. The number of rotatable bonds is 7. The van der Waals surface area contributed by atoms with Crippen LogP contribution in [0.15, 0.2) is 43.0 Å². The van der Waals surface area contributed by atoms with Gasteiger partial charge >= 0.3 is 0 Å². The number of nitrogens with zero attached hydrogens (tertiary/aromatic N) is 1. The van der Waals surface area contributed by atoms with Crippen LogP contribution >= 0.6 is 8.73 Å². The Bertz CT molecular complexity index is 385. The second kappa shape index (κ2) is 8.56. The average Bonchev–Trinajstić information content (AvgIpc) is 2.49. The zero-order valence-corrected chi connectivity index (χ0v) is 13.3. The van der Waals surface area contributed by atoms with Crippen molar-refractivity contribution in [3.63, 3.8) is 0 Å². The third kappa shape index (κ3) is 5.01. The monoisotopic (exact) mass is 290 g/mol. The molecule has 1 fully saturated rings. The molecule has 0 bridgehead atoms. The largest absolute Gasteiger partial charge is 0.327 e. The smallest absolute Gasteiger partial charge is 0.0109 e. The molecule has 2 rings (SSSR count). The summed E-state index contributed by atoms with van der Waals surface area (Å²) >= 11 is 0. The van der Waals surface area contributed by atoms with Crippen LogP contribution in [0.1, 0.15) is 24.8 Å². The Morgan fingerprint density at radius 3 is 2.65 bits per heavy atom. The molecule has 0 aliphatic carbocycles. The lowest BCUT2D eigenvalue weighted by atomic mass is 9.87. The molecule has 0 saturated carbocycles. The highest BCUT2D eigenvalue weighted by Crippen LogP contribution is 2.29. The molecular weight excluding hydrogens is 263 g/mol. The van der Waals surface area contributed by atoms with Crippen LogP contribution < -0.4 is 5.73 Å². The van der Waals surface area contributed by atoms with E-state index in [2.05, 4.69) is 41.6 Å². The molecule has 1 saturated heterocycles. The number of benzene rings is 1. The number of hydrogen-bond donors (Lipinski definition) is 1. The minimum absolute atomic E-state index is 0.316. The van der Waals surface area contributed by atoms with Crippen molar-refractivity contribution in [3.05, 3.63) is 48.6 Å². The third-order valence-corrected chi connectivity index (χ3v) is 5.55. The number of hydrogen-bond acceptors (Lipinski definition) is 2. The number of piperidine rings is 1. The summed E-state index contributed by atoms with van der Waals surface area (Å²) in [7, 11) is 0.966. The van der Waals surface area contributed by atoms with E-state index >= 15 is 0 Å². The minimum atomic E-state index is 0.316. The molecule has 2 atom stereocenters. The van der Waals surface area contributed by atoms with E-state index in [0.29, 0.717) is 12.0 Å². The fourth-order valence-corrected chi connectivity index (χ4v) is 4.09. The summed E-state index contributed by atoms with van der Waals surface area (Å²) in [6.45, 7) is 6.24. The van der Waals surface area contributed by atoms with E-state index in [0.717, 1.165) is 21.6 Å². The summed E-state index contributed by atoms with van der Waals surface area (Å²) in [4.78, 5) is 0. The van der Waals surface area contributed by atoms with Crippen LogP contribution in [0.4, 0.5) is 0 Å². The van der Waals surface area contributed by atoms with Crippen molar-refractivity contribution in [3.8, 4) is 0 Å². The van der Waals surface area contributed by atoms with E-state index in [1.165, 1.54) is 37.7 Å². The summed E-state index contributed by atoms with van der Waals surface area (Å²) in [5, 5.41) is 0. The van der Waals surface area contributed by atoms with Crippen molar-refractivity contribution in [2.24, 2.45) is 11.7 Å². The number of allylic oxidation sites excluding steroid dienone is 1. The Morgan fingerprint density at radius 2 is 2.00 bits per heavy atom. The first-order chi connectivity index (χ1) is 9.79. The van der Waals surface area contributed by atoms with E-state index in [4.69, 9.17) is 5.73 Å². The lowest BCUT2D eigenvalue weighted by Crippen LogP contribution is -2.39. The summed E-state index contributed by atoms with van der Waals surface area (Å²) in [6, 6.07) is 11.0. The van der Waals surface area contributed by atoms with Crippen LogP contribution in [-0.4, -0.2) is 30.0 Å². The van der Waals surface area contributed by atoms with Gasteiger partial charge in [0.25, 0.3) is 0 Å². The summed E-state index contributed by atoms with van der Waals surface area (Å²) in [5.74, 6) is 0.690. The quantitative estimate of drug-likeness (QED) is 0.473. The first kappa shape index (κ1) is 15.7. The SMILES string of the molecule is C=CCCPN1CCC(C(N)Cc2ccccc2)CC1. The molecule has 2 unspecified atom stereocenters. The van der Waals surface area contributed by atoms with Gasteiger partial charge in [-0.2, -0.15) is 0 Å². The molecule has 0 amide bonds. The van der Waals surface area contributed by atoms with Gasteiger partial charge in [0.15, 0.2) is 0 Å². The van der Waals surface area contributed by atoms with E-state index in [-0.39, 0.29) is 0 Å². The Labute approximate surface area is 125 Å². The molecule has 1 aromatic carbocycles. The van der Waals surface area contributed by atoms with Crippen LogP contribution in [-0.2, 0) is 6.42 Å². The lowest BCUT2D eigenvalue weighted by Gasteiger charge is -2.34. The molecule has 1 aromatic rings. The van der Waals surface area contributed by atoms with Crippen molar-refractivity contribution >= 4 is 8.73 Å². The fourth-order valence-electron chi connectivity index (χ4n) is 2.86. The van der Waals surface area contributed by atoms with Gasteiger partial charge in [-0.15, -0.1) is 6.58 Å². The third-order valence-electron chi connectivity index (χ3n) is 4.14. The molecule has 3 heteroatoms. The van der Waals surface area contributed by atoms with Crippen molar-refractivity contribution in [1.29, 1.82) is 0 Å². The first-order valence-corrected chi connectivity index (χ1v) is 8.84.